The summed E-state index contributed by atoms with van der Waals surface area (Å²) in [6, 6.07) is 3.36. The van der Waals surface area contributed by atoms with Crippen LogP contribution in [0.5, 0.6) is 5.75 Å². The first kappa shape index (κ1) is 8.52. The average Bonchev–Trinajstić information content (AvgIpc) is 2.05. The molecule has 0 spiro atoms. The Morgan fingerprint density at radius 1 is 1.75 bits per heavy atom. The van der Waals surface area contributed by atoms with Gasteiger partial charge in [-0.2, -0.15) is 0 Å². The second kappa shape index (κ2) is 3.71. The Kier molecular flexibility index (Phi) is 2.63. The Morgan fingerprint density at radius 2 is 2.50 bits per heavy atom. The van der Waals surface area contributed by atoms with Crippen LogP contribution in [0.3, 0.4) is 0 Å². The van der Waals surface area contributed by atoms with Crippen molar-refractivity contribution in [3.05, 3.63) is 24.0 Å². The van der Waals surface area contributed by atoms with Crippen LogP contribution < -0.4 is 10.5 Å². The first-order valence-corrected chi connectivity index (χ1v) is 3.63. The number of carbonyl (C=O) groups excluding carboxylic acids is 1. The Labute approximate surface area is 70.4 Å². The summed E-state index contributed by atoms with van der Waals surface area (Å²) in [5.74, 6) is -0.133. The Balaban J connectivity index is 3.00. The van der Waals surface area contributed by atoms with Crippen LogP contribution >= 0.6 is 0 Å². The zero-order chi connectivity index (χ0) is 8.97. The van der Waals surface area contributed by atoms with Gasteiger partial charge in [0.15, 0.2) is 11.4 Å². The van der Waals surface area contributed by atoms with Crippen molar-refractivity contribution < 1.29 is 9.53 Å². The summed E-state index contributed by atoms with van der Waals surface area (Å²) in [7, 11) is 0. The molecule has 0 radical (unpaired) electrons. The number of primary amides is 1. The van der Waals surface area contributed by atoms with Crippen molar-refractivity contribution in [1.29, 1.82) is 0 Å². The van der Waals surface area contributed by atoms with E-state index in [4.69, 9.17) is 10.5 Å². The largest absolute Gasteiger partial charge is 0.491 e. The number of carbonyl (C=O) groups is 1. The van der Waals surface area contributed by atoms with E-state index in [1.54, 1.807) is 12.1 Å². The summed E-state index contributed by atoms with van der Waals surface area (Å²) in [5, 5.41) is 0. The van der Waals surface area contributed by atoms with Crippen LogP contribution in [0, 0.1) is 0 Å². The summed E-state index contributed by atoms with van der Waals surface area (Å²) in [6.07, 6.45) is 1.50. The third-order valence-corrected chi connectivity index (χ3v) is 1.30. The van der Waals surface area contributed by atoms with Crippen LogP contribution in [0.4, 0.5) is 0 Å². The number of hydrogen-bond acceptors (Lipinski definition) is 3. The highest BCUT2D eigenvalue weighted by molar-refractivity contribution is 5.93. The van der Waals surface area contributed by atoms with Gasteiger partial charge in [0.1, 0.15) is 0 Å². The number of hydrogen-bond donors (Lipinski definition) is 1. The minimum absolute atomic E-state index is 0.180. The second-order valence-corrected chi connectivity index (χ2v) is 2.15. The van der Waals surface area contributed by atoms with E-state index < -0.39 is 5.91 Å². The van der Waals surface area contributed by atoms with Gasteiger partial charge in [-0.1, -0.05) is 0 Å². The lowest BCUT2D eigenvalue weighted by atomic mass is 10.3. The highest BCUT2D eigenvalue weighted by Crippen LogP contribution is 2.13. The van der Waals surface area contributed by atoms with Gasteiger partial charge in [-0.15, -0.1) is 0 Å². The third-order valence-electron chi connectivity index (χ3n) is 1.30. The lowest BCUT2D eigenvalue weighted by Crippen LogP contribution is -2.14. The van der Waals surface area contributed by atoms with Gasteiger partial charge in [0.25, 0.3) is 5.91 Å². The highest BCUT2D eigenvalue weighted by Gasteiger charge is 2.08. The molecule has 0 atom stereocenters. The summed E-state index contributed by atoms with van der Waals surface area (Å²) in [5.41, 5.74) is 5.24. The van der Waals surface area contributed by atoms with Crippen molar-refractivity contribution in [2.75, 3.05) is 6.61 Å². The van der Waals surface area contributed by atoms with Gasteiger partial charge in [-0.3, -0.25) is 4.79 Å². The van der Waals surface area contributed by atoms with Crippen molar-refractivity contribution in [3.63, 3.8) is 0 Å². The molecule has 0 aliphatic heterocycles. The van der Waals surface area contributed by atoms with Gasteiger partial charge in [0.05, 0.1) is 6.61 Å². The van der Waals surface area contributed by atoms with E-state index in [1.807, 2.05) is 6.92 Å². The summed E-state index contributed by atoms with van der Waals surface area (Å²) < 4.78 is 5.13. The molecule has 2 N–H and O–H groups in total. The fourth-order valence-corrected chi connectivity index (χ4v) is 0.848. The first-order valence-electron chi connectivity index (χ1n) is 3.63. The van der Waals surface area contributed by atoms with Gasteiger partial charge in [0.2, 0.25) is 0 Å². The lowest BCUT2D eigenvalue weighted by molar-refractivity contribution is 0.0991. The minimum atomic E-state index is -0.570. The zero-order valence-electron chi connectivity index (χ0n) is 6.78. The topological polar surface area (TPSA) is 65.2 Å². The van der Waals surface area contributed by atoms with Gasteiger partial charge < -0.3 is 10.5 Å². The number of rotatable bonds is 3. The molecule has 0 aliphatic rings. The van der Waals surface area contributed by atoms with E-state index in [2.05, 4.69) is 4.98 Å². The zero-order valence-corrected chi connectivity index (χ0v) is 6.78. The summed E-state index contributed by atoms with van der Waals surface area (Å²) in [4.78, 5) is 14.6. The normalized spacial score (nSPS) is 9.42. The van der Waals surface area contributed by atoms with E-state index in [0.29, 0.717) is 12.4 Å². The van der Waals surface area contributed by atoms with Gasteiger partial charge in [-0.05, 0) is 19.1 Å². The van der Waals surface area contributed by atoms with Crippen LogP contribution in [0.2, 0.25) is 0 Å². The van der Waals surface area contributed by atoms with E-state index in [0.717, 1.165) is 0 Å². The molecule has 0 aliphatic carbocycles. The third kappa shape index (κ3) is 1.72. The molecule has 0 aromatic carbocycles. The van der Waals surface area contributed by atoms with Crippen molar-refractivity contribution in [2.24, 2.45) is 5.73 Å². The van der Waals surface area contributed by atoms with Crippen LogP contribution in [0.15, 0.2) is 18.3 Å². The molecule has 4 heteroatoms. The smallest absolute Gasteiger partial charge is 0.271 e. The number of pyridine rings is 1. The Bertz CT molecular complexity index is 286. The summed E-state index contributed by atoms with van der Waals surface area (Å²) >= 11 is 0. The van der Waals surface area contributed by atoms with Crippen LogP contribution in [-0.2, 0) is 0 Å². The molecule has 1 heterocycles. The fraction of sp³-hybridized carbons (Fsp3) is 0.250. The molecule has 12 heavy (non-hydrogen) atoms. The fourth-order valence-electron chi connectivity index (χ4n) is 0.848. The number of ether oxygens (including phenoxy) is 1. The standard InChI is InChI=1S/C8H10N2O2/c1-2-12-6-4-3-5-10-7(6)8(9)11/h3-5H,2H2,1H3,(H2,9,11). The van der Waals surface area contributed by atoms with Gasteiger partial charge >= 0.3 is 0 Å². The van der Waals surface area contributed by atoms with Crippen molar-refractivity contribution >= 4 is 5.91 Å². The number of nitrogens with zero attached hydrogens (tertiary/aromatic N) is 1. The highest BCUT2D eigenvalue weighted by atomic mass is 16.5. The van der Waals surface area contributed by atoms with E-state index in [9.17, 15) is 4.79 Å². The molecule has 1 rings (SSSR count). The quantitative estimate of drug-likeness (QED) is 0.714. The Morgan fingerprint density at radius 3 is 3.08 bits per heavy atom. The first-order chi connectivity index (χ1) is 5.75. The van der Waals surface area contributed by atoms with Crippen LogP contribution in [-0.4, -0.2) is 17.5 Å². The predicted octanol–water partition coefficient (Wildman–Crippen LogP) is 0.579. The summed E-state index contributed by atoms with van der Waals surface area (Å²) in [6.45, 7) is 2.32. The molecule has 0 bridgehead atoms. The molecule has 4 nitrogen and oxygen atoms in total. The average molecular weight is 166 g/mol. The number of nitrogens with two attached hydrogens (primary N) is 1. The molecule has 0 saturated carbocycles. The number of amides is 1. The molecular formula is C8H10N2O2. The molecule has 1 aromatic heterocycles. The Hall–Kier alpha value is -1.58. The van der Waals surface area contributed by atoms with Crippen molar-refractivity contribution in [2.45, 2.75) is 6.92 Å². The monoisotopic (exact) mass is 166 g/mol. The molecule has 0 unspecified atom stereocenters. The van der Waals surface area contributed by atoms with E-state index in [-0.39, 0.29) is 5.69 Å². The number of aromatic nitrogens is 1. The maximum absolute atomic E-state index is 10.8. The molecule has 1 amide bonds. The molecule has 0 saturated heterocycles. The van der Waals surface area contributed by atoms with Crippen LogP contribution in [0.1, 0.15) is 17.4 Å². The molecule has 1 aromatic rings. The predicted molar refractivity (Wildman–Crippen MR) is 43.9 cm³/mol. The molecule has 64 valence electrons. The maximum atomic E-state index is 10.8. The minimum Gasteiger partial charge on any atom is -0.491 e. The van der Waals surface area contributed by atoms with E-state index in [1.165, 1.54) is 6.20 Å². The molecule has 0 fully saturated rings. The molecular weight excluding hydrogens is 156 g/mol. The van der Waals surface area contributed by atoms with E-state index >= 15 is 0 Å². The lowest BCUT2D eigenvalue weighted by Gasteiger charge is -2.04. The van der Waals surface area contributed by atoms with Gasteiger partial charge in [-0.25, -0.2) is 4.98 Å². The van der Waals surface area contributed by atoms with Gasteiger partial charge in [0, 0.05) is 6.20 Å². The second-order valence-electron chi connectivity index (χ2n) is 2.15. The SMILES string of the molecule is CCOc1cccnc1C(N)=O. The van der Waals surface area contributed by atoms with Crippen molar-refractivity contribution in [3.8, 4) is 5.75 Å². The maximum Gasteiger partial charge on any atom is 0.271 e. The van der Waals surface area contributed by atoms with Crippen LogP contribution in [0.25, 0.3) is 0 Å². The van der Waals surface area contributed by atoms with Crippen molar-refractivity contribution in [1.82, 2.24) is 4.98 Å².